The number of imidazole rings is 1. The highest BCUT2D eigenvalue weighted by atomic mass is 35.5. The Morgan fingerprint density at radius 2 is 1.79 bits per heavy atom. The molecule has 0 aliphatic carbocycles. The quantitative estimate of drug-likeness (QED) is 0.409. The van der Waals surface area contributed by atoms with E-state index in [1.165, 1.54) is 23.5 Å². The number of nitrogens with zero attached hydrogens (tertiary/aromatic N) is 4. The Hall–Kier alpha value is -2.94. The van der Waals surface area contributed by atoms with E-state index in [0.29, 0.717) is 31.7 Å². The van der Waals surface area contributed by atoms with Crippen LogP contribution < -0.4 is 4.74 Å². The van der Waals surface area contributed by atoms with Gasteiger partial charge >= 0.3 is 0 Å². The van der Waals surface area contributed by atoms with Gasteiger partial charge in [-0.15, -0.1) is 0 Å². The molecule has 170 valence electrons. The van der Waals surface area contributed by atoms with Gasteiger partial charge in [0.15, 0.2) is 5.65 Å². The summed E-state index contributed by atoms with van der Waals surface area (Å²) in [6.07, 6.45) is 3.08. The van der Waals surface area contributed by atoms with Crippen molar-refractivity contribution in [2.45, 2.75) is 23.8 Å². The average molecular weight is 483 g/mol. The summed E-state index contributed by atoms with van der Waals surface area (Å²) in [7, 11) is -2.16. The maximum atomic E-state index is 13.2. The van der Waals surface area contributed by atoms with Crippen LogP contribution in [0.3, 0.4) is 0 Å². The predicted molar refractivity (Wildman–Crippen MR) is 128 cm³/mol. The van der Waals surface area contributed by atoms with Gasteiger partial charge in [0.2, 0.25) is 10.0 Å². The topological polar surface area (TPSA) is 77.3 Å². The van der Waals surface area contributed by atoms with Crippen LogP contribution in [0.4, 0.5) is 0 Å². The Labute approximate surface area is 197 Å². The maximum Gasteiger partial charge on any atom is 0.243 e. The van der Waals surface area contributed by atoms with E-state index in [1.807, 2.05) is 42.5 Å². The minimum Gasteiger partial charge on any atom is -0.495 e. The number of fused-ring (bicyclic) bond motifs is 1. The molecule has 0 bridgehead atoms. The molecule has 2 aromatic heterocycles. The summed E-state index contributed by atoms with van der Waals surface area (Å²) in [5.41, 5.74) is 2.66. The number of aromatic nitrogens is 3. The van der Waals surface area contributed by atoms with Gasteiger partial charge in [0.25, 0.3) is 0 Å². The van der Waals surface area contributed by atoms with Crippen molar-refractivity contribution in [1.82, 2.24) is 18.8 Å². The van der Waals surface area contributed by atoms with E-state index in [-0.39, 0.29) is 16.0 Å². The fourth-order valence-corrected chi connectivity index (χ4v) is 6.18. The Bertz CT molecular complexity index is 1400. The van der Waals surface area contributed by atoms with Crippen LogP contribution in [0.15, 0.2) is 71.8 Å². The maximum absolute atomic E-state index is 13.2. The van der Waals surface area contributed by atoms with Gasteiger partial charge in [-0.2, -0.15) is 4.31 Å². The first kappa shape index (κ1) is 21.9. The molecule has 1 aliphatic rings. The van der Waals surface area contributed by atoms with E-state index in [1.54, 1.807) is 12.3 Å². The van der Waals surface area contributed by atoms with E-state index in [4.69, 9.17) is 21.3 Å². The number of benzene rings is 2. The highest BCUT2D eigenvalue weighted by Crippen LogP contribution is 2.35. The molecular weight excluding hydrogens is 460 g/mol. The molecule has 9 heteroatoms. The number of rotatable bonds is 5. The molecule has 7 nitrogen and oxygen atoms in total. The van der Waals surface area contributed by atoms with Crippen LogP contribution in [-0.2, 0) is 10.0 Å². The van der Waals surface area contributed by atoms with Crippen LogP contribution in [0.2, 0.25) is 5.02 Å². The summed E-state index contributed by atoms with van der Waals surface area (Å²) in [4.78, 5) is 9.60. The summed E-state index contributed by atoms with van der Waals surface area (Å²) >= 11 is 6.17. The zero-order valence-corrected chi connectivity index (χ0v) is 19.6. The van der Waals surface area contributed by atoms with Gasteiger partial charge in [0, 0.05) is 30.9 Å². The lowest BCUT2D eigenvalue weighted by molar-refractivity contribution is 0.278. The Balaban J connectivity index is 1.43. The monoisotopic (exact) mass is 482 g/mol. The highest BCUT2D eigenvalue weighted by molar-refractivity contribution is 7.89. The Morgan fingerprint density at radius 3 is 2.48 bits per heavy atom. The number of hydrogen-bond acceptors (Lipinski definition) is 5. The molecule has 0 N–H and O–H groups in total. The third-order valence-electron chi connectivity index (χ3n) is 6.03. The fourth-order valence-electron chi connectivity index (χ4n) is 4.36. The molecule has 0 spiro atoms. The van der Waals surface area contributed by atoms with E-state index in [0.717, 1.165) is 22.6 Å². The summed E-state index contributed by atoms with van der Waals surface area (Å²) in [6.45, 7) is 0.800. The Kier molecular flexibility index (Phi) is 5.82. The number of pyridine rings is 1. The zero-order valence-electron chi connectivity index (χ0n) is 18.1. The lowest BCUT2D eigenvalue weighted by Gasteiger charge is -2.32. The second kappa shape index (κ2) is 8.78. The molecule has 0 saturated carbocycles. The number of halogens is 1. The molecule has 4 aromatic rings. The number of sulfonamides is 1. The minimum absolute atomic E-state index is 0.0889. The van der Waals surface area contributed by atoms with Crippen LogP contribution in [0.5, 0.6) is 5.75 Å². The molecule has 0 unspecified atom stereocenters. The second-order valence-electron chi connectivity index (χ2n) is 7.95. The van der Waals surface area contributed by atoms with Gasteiger partial charge in [-0.05, 0) is 43.2 Å². The molecule has 1 saturated heterocycles. The first-order chi connectivity index (χ1) is 16.0. The third kappa shape index (κ3) is 3.99. The number of ether oxygens (including phenoxy) is 1. The van der Waals surface area contributed by atoms with Gasteiger partial charge in [0.1, 0.15) is 17.1 Å². The van der Waals surface area contributed by atoms with Crippen LogP contribution >= 0.6 is 11.6 Å². The van der Waals surface area contributed by atoms with Gasteiger partial charge in [-0.25, -0.2) is 18.4 Å². The molecule has 0 atom stereocenters. The number of hydrogen-bond donors (Lipinski definition) is 0. The molecule has 33 heavy (non-hydrogen) atoms. The van der Waals surface area contributed by atoms with Gasteiger partial charge in [0.05, 0.1) is 17.0 Å². The molecule has 5 rings (SSSR count). The van der Waals surface area contributed by atoms with Gasteiger partial charge < -0.3 is 9.30 Å². The fraction of sp³-hybridized carbons (Fsp3) is 0.250. The largest absolute Gasteiger partial charge is 0.495 e. The molecule has 3 heterocycles. The van der Waals surface area contributed by atoms with Crippen molar-refractivity contribution in [2.24, 2.45) is 0 Å². The molecule has 0 amide bonds. The summed E-state index contributed by atoms with van der Waals surface area (Å²) in [5, 5.41) is 0.275. The standard InChI is InChI=1S/C24H23ClN4O3S/c1-32-22-10-9-19(16-20(22)25)33(30,31)28-14-11-18(12-15-28)29-23(17-6-3-2-4-7-17)27-21-8-5-13-26-24(21)29/h2-10,13,16,18H,11-12,14-15H2,1H3. The zero-order chi connectivity index (χ0) is 23.0. The number of piperidine rings is 1. The molecule has 1 fully saturated rings. The first-order valence-corrected chi connectivity index (χ1v) is 12.5. The SMILES string of the molecule is COc1ccc(S(=O)(=O)N2CCC(n3c(-c4ccccc4)nc4cccnc43)CC2)cc1Cl. The molecule has 0 radical (unpaired) electrons. The normalized spacial score (nSPS) is 15.7. The van der Waals surface area contributed by atoms with Crippen molar-refractivity contribution < 1.29 is 13.2 Å². The molecule has 2 aromatic carbocycles. The highest BCUT2D eigenvalue weighted by Gasteiger charge is 2.32. The average Bonchev–Trinajstić information content (AvgIpc) is 3.24. The summed E-state index contributed by atoms with van der Waals surface area (Å²) in [6, 6.07) is 18.5. The lowest BCUT2D eigenvalue weighted by Crippen LogP contribution is -2.39. The summed E-state index contributed by atoms with van der Waals surface area (Å²) in [5.74, 6) is 1.30. The van der Waals surface area contributed by atoms with Crippen molar-refractivity contribution in [3.05, 3.63) is 71.9 Å². The first-order valence-electron chi connectivity index (χ1n) is 10.7. The van der Waals surface area contributed by atoms with Gasteiger partial charge in [-0.1, -0.05) is 41.9 Å². The van der Waals surface area contributed by atoms with Gasteiger partial charge in [-0.3, -0.25) is 0 Å². The van der Waals surface area contributed by atoms with Crippen LogP contribution in [0, 0.1) is 0 Å². The lowest BCUT2D eigenvalue weighted by atomic mass is 10.1. The van der Waals surface area contributed by atoms with Crippen molar-refractivity contribution in [1.29, 1.82) is 0 Å². The minimum atomic E-state index is -3.65. The van der Waals surface area contributed by atoms with Crippen LogP contribution in [0.1, 0.15) is 18.9 Å². The molecule has 1 aliphatic heterocycles. The predicted octanol–water partition coefficient (Wildman–Crippen LogP) is 4.79. The van der Waals surface area contributed by atoms with Crippen molar-refractivity contribution >= 4 is 32.8 Å². The Morgan fingerprint density at radius 1 is 1.03 bits per heavy atom. The number of methoxy groups -OCH3 is 1. The van der Waals surface area contributed by atoms with Crippen molar-refractivity contribution in [2.75, 3.05) is 20.2 Å². The van der Waals surface area contributed by atoms with Crippen molar-refractivity contribution in [3.8, 4) is 17.1 Å². The molecular formula is C24H23ClN4O3S. The van der Waals surface area contributed by atoms with E-state index in [2.05, 4.69) is 9.55 Å². The van der Waals surface area contributed by atoms with Crippen molar-refractivity contribution in [3.63, 3.8) is 0 Å². The second-order valence-corrected chi connectivity index (χ2v) is 10.3. The third-order valence-corrected chi connectivity index (χ3v) is 8.22. The van der Waals surface area contributed by atoms with E-state index in [9.17, 15) is 8.42 Å². The smallest absolute Gasteiger partial charge is 0.243 e. The van der Waals surface area contributed by atoms with E-state index >= 15 is 0 Å². The van der Waals surface area contributed by atoms with E-state index < -0.39 is 10.0 Å². The van der Waals surface area contributed by atoms with Crippen LogP contribution in [-0.4, -0.2) is 47.5 Å². The summed E-state index contributed by atoms with van der Waals surface area (Å²) < 4.78 is 35.3. The van der Waals surface area contributed by atoms with Crippen LogP contribution in [0.25, 0.3) is 22.6 Å².